The topological polar surface area (TPSA) is 103 Å². The second-order valence-electron chi connectivity index (χ2n) is 8.75. The molecule has 34 heavy (non-hydrogen) atoms. The van der Waals surface area contributed by atoms with E-state index < -0.39 is 15.9 Å². The fourth-order valence-corrected chi connectivity index (χ4v) is 5.77. The van der Waals surface area contributed by atoms with Crippen molar-refractivity contribution < 1.29 is 17.9 Å². The van der Waals surface area contributed by atoms with E-state index in [1.54, 1.807) is 25.2 Å². The molecule has 0 spiro atoms. The fourth-order valence-electron chi connectivity index (χ4n) is 4.23. The van der Waals surface area contributed by atoms with Crippen molar-refractivity contribution in [2.75, 3.05) is 18.4 Å². The molecule has 1 aliphatic heterocycles. The second-order valence-corrected chi connectivity index (χ2v) is 10.7. The predicted octanol–water partition coefficient (Wildman–Crippen LogP) is 2.94. The Kier molecular flexibility index (Phi) is 6.81. The molecule has 2 aromatic carbocycles. The number of para-hydroxylation sites is 2. The molecule has 1 N–H and O–H groups in total. The van der Waals surface area contributed by atoms with Gasteiger partial charge in [-0.05, 0) is 57.0 Å². The largest absolute Gasteiger partial charge is 0.489 e. The van der Waals surface area contributed by atoms with E-state index in [0.29, 0.717) is 24.4 Å². The normalized spacial score (nSPS) is 15.1. The number of nitrogens with zero attached hydrogens (tertiary/aromatic N) is 3. The van der Waals surface area contributed by atoms with Gasteiger partial charge in [-0.3, -0.25) is 13.9 Å². The molecular formula is C24H30N4O5S. The number of benzene rings is 2. The Labute approximate surface area is 199 Å². The van der Waals surface area contributed by atoms with E-state index in [1.165, 1.54) is 25.6 Å². The summed E-state index contributed by atoms with van der Waals surface area (Å²) in [6.45, 7) is 4.44. The number of fused-ring (bicyclic) bond motifs is 1. The number of nitrogens with one attached hydrogen (secondary N) is 1. The highest BCUT2D eigenvalue weighted by molar-refractivity contribution is 7.89. The minimum Gasteiger partial charge on any atom is -0.489 e. The number of aryl methyl sites for hydroxylation is 1. The van der Waals surface area contributed by atoms with E-state index >= 15 is 0 Å². The third-order valence-electron chi connectivity index (χ3n) is 5.89. The summed E-state index contributed by atoms with van der Waals surface area (Å²) in [5.41, 5.74) is 1.31. The van der Waals surface area contributed by atoms with Crippen molar-refractivity contribution in [3.63, 3.8) is 0 Å². The van der Waals surface area contributed by atoms with E-state index in [4.69, 9.17) is 4.74 Å². The molecule has 1 aromatic heterocycles. The molecule has 1 fully saturated rings. The number of rotatable bonds is 7. The SMILES string of the molecule is CC(C)Oc1ccc(S(=O)(=O)N2CCCCC2)cc1NC(=O)Cn1c(=O)n(C)c2ccccc21. The predicted molar refractivity (Wildman–Crippen MR) is 131 cm³/mol. The molecule has 182 valence electrons. The summed E-state index contributed by atoms with van der Waals surface area (Å²) in [5, 5.41) is 2.77. The van der Waals surface area contributed by atoms with Gasteiger partial charge in [-0.25, -0.2) is 13.2 Å². The number of imidazole rings is 1. The van der Waals surface area contributed by atoms with Crippen LogP contribution in [0.15, 0.2) is 52.2 Å². The number of carbonyl (C=O) groups excluding carboxylic acids is 1. The smallest absolute Gasteiger partial charge is 0.329 e. The average molecular weight is 487 g/mol. The number of aromatic nitrogens is 2. The van der Waals surface area contributed by atoms with Crippen LogP contribution in [0.4, 0.5) is 5.69 Å². The maximum absolute atomic E-state index is 13.2. The first-order valence-electron chi connectivity index (χ1n) is 11.4. The molecule has 0 aliphatic carbocycles. The van der Waals surface area contributed by atoms with E-state index in [-0.39, 0.29) is 28.9 Å². The summed E-state index contributed by atoms with van der Waals surface area (Å²) in [6.07, 6.45) is 2.50. The third-order valence-corrected chi connectivity index (χ3v) is 7.79. The molecule has 4 rings (SSSR count). The minimum absolute atomic E-state index is 0.100. The second kappa shape index (κ2) is 9.63. The molecule has 9 nitrogen and oxygen atoms in total. The molecule has 0 atom stereocenters. The van der Waals surface area contributed by atoms with Crippen molar-refractivity contribution in [3.05, 3.63) is 52.9 Å². The maximum Gasteiger partial charge on any atom is 0.329 e. The zero-order valence-corrected chi connectivity index (χ0v) is 20.5. The van der Waals surface area contributed by atoms with Gasteiger partial charge < -0.3 is 10.1 Å². The standard InChI is InChI=1S/C24H30N4O5S/c1-17(2)33-22-12-11-18(34(31,32)27-13-7-4-8-14-27)15-19(22)25-23(29)16-28-21-10-6-5-9-20(21)26(3)24(28)30/h5-6,9-12,15,17H,4,7-8,13-14,16H2,1-3H3,(H,25,29). The lowest BCUT2D eigenvalue weighted by atomic mass is 10.2. The summed E-state index contributed by atoms with van der Waals surface area (Å²) in [5.74, 6) is -0.0919. The van der Waals surface area contributed by atoms with Crippen LogP contribution in [0.1, 0.15) is 33.1 Å². The van der Waals surface area contributed by atoms with Crippen molar-refractivity contribution in [2.24, 2.45) is 7.05 Å². The van der Waals surface area contributed by atoms with Gasteiger partial charge in [-0.2, -0.15) is 4.31 Å². The molecule has 2 heterocycles. The average Bonchev–Trinajstić information content (AvgIpc) is 3.05. The van der Waals surface area contributed by atoms with Gasteiger partial charge in [0.25, 0.3) is 0 Å². The highest BCUT2D eigenvalue weighted by Gasteiger charge is 2.27. The molecule has 0 saturated carbocycles. The monoisotopic (exact) mass is 486 g/mol. The highest BCUT2D eigenvalue weighted by atomic mass is 32.2. The Morgan fingerprint density at radius 3 is 2.41 bits per heavy atom. The number of sulfonamides is 1. The zero-order valence-electron chi connectivity index (χ0n) is 19.7. The number of hydrogen-bond acceptors (Lipinski definition) is 5. The zero-order chi connectivity index (χ0) is 24.5. The Morgan fingerprint density at radius 2 is 1.74 bits per heavy atom. The van der Waals surface area contributed by atoms with Gasteiger partial charge >= 0.3 is 5.69 Å². The van der Waals surface area contributed by atoms with Gasteiger partial charge in [-0.1, -0.05) is 18.6 Å². The number of anilines is 1. The van der Waals surface area contributed by atoms with Crippen LogP contribution in [-0.2, 0) is 28.4 Å². The Hall–Kier alpha value is -3.11. The van der Waals surface area contributed by atoms with Crippen molar-refractivity contribution in [2.45, 2.75) is 50.7 Å². The van der Waals surface area contributed by atoms with Crippen molar-refractivity contribution in [3.8, 4) is 5.75 Å². The number of hydrogen-bond donors (Lipinski definition) is 1. The van der Waals surface area contributed by atoms with Gasteiger partial charge in [-0.15, -0.1) is 0 Å². The maximum atomic E-state index is 13.2. The summed E-state index contributed by atoms with van der Waals surface area (Å²) in [6, 6.07) is 11.7. The molecule has 10 heteroatoms. The fraction of sp³-hybridized carbons (Fsp3) is 0.417. The lowest BCUT2D eigenvalue weighted by Crippen LogP contribution is -2.35. The number of carbonyl (C=O) groups is 1. The van der Waals surface area contributed by atoms with Crippen LogP contribution in [-0.4, -0.2) is 47.0 Å². The van der Waals surface area contributed by atoms with Crippen LogP contribution in [0.3, 0.4) is 0 Å². The number of ether oxygens (including phenoxy) is 1. The molecular weight excluding hydrogens is 456 g/mol. The highest BCUT2D eigenvalue weighted by Crippen LogP contribution is 2.31. The summed E-state index contributed by atoms with van der Waals surface area (Å²) < 4.78 is 36.5. The van der Waals surface area contributed by atoms with E-state index in [9.17, 15) is 18.0 Å². The quantitative estimate of drug-likeness (QED) is 0.553. The Balaban J connectivity index is 1.65. The van der Waals surface area contributed by atoms with Gasteiger partial charge in [0.1, 0.15) is 12.3 Å². The summed E-state index contributed by atoms with van der Waals surface area (Å²) >= 11 is 0. The van der Waals surface area contributed by atoms with Crippen molar-refractivity contribution in [1.29, 1.82) is 0 Å². The number of piperidine rings is 1. The van der Waals surface area contributed by atoms with Crippen LogP contribution in [0.25, 0.3) is 11.0 Å². The molecule has 1 amide bonds. The van der Waals surface area contributed by atoms with Gasteiger partial charge in [0.15, 0.2) is 0 Å². The van der Waals surface area contributed by atoms with E-state index in [1.807, 2.05) is 26.0 Å². The number of amides is 1. The summed E-state index contributed by atoms with van der Waals surface area (Å²) in [7, 11) is -2.03. The van der Waals surface area contributed by atoms with Crippen LogP contribution in [0, 0.1) is 0 Å². The van der Waals surface area contributed by atoms with Crippen LogP contribution in [0.2, 0.25) is 0 Å². The molecule has 1 aliphatic rings. The molecule has 0 radical (unpaired) electrons. The first-order valence-corrected chi connectivity index (χ1v) is 12.9. The van der Waals surface area contributed by atoms with Crippen LogP contribution >= 0.6 is 0 Å². The van der Waals surface area contributed by atoms with Gasteiger partial charge in [0, 0.05) is 20.1 Å². The molecule has 1 saturated heterocycles. The van der Waals surface area contributed by atoms with Gasteiger partial charge in [0.05, 0.1) is 27.7 Å². The Bertz CT molecular complexity index is 1370. The lowest BCUT2D eigenvalue weighted by Gasteiger charge is -2.26. The van der Waals surface area contributed by atoms with Gasteiger partial charge in [0.2, 0.25) is 15.9 Å². The molecule has 0 bridgehead atoms. The molecule has 0 unspecified atom stereocenters. The van der Waals surface area contributed by atoms with Crippen LogP contribution in [0.5, 0.6) is 5.75 Å². The van der Waals surface area contributed by atoms with Crippen molar-refractivity contribution >= 4 is 32.7 Å². The molecule has 3 aromatic rings. The Morgan fingerprint density at radius 1 is 1.06 bits per heavy atom. The summed E-state index contributed by atoms with van der Waals surface area (Å²) in [4.78, 5) is 25.8. The van der Waals surface area contributed by atoms with Crippen LogP contribution < -0.4 is 15.7 Å². The minimum atomic E-state index is -3.69. The van der Waals surface area contributed by atoms with Crippen molar-refractivity contribution in [1.82, 2.24) is 13.4 Å². The van der Waals surface area contributed by atoms with E-state index in [2.05, 4.69) is 5.32 Å². The first kappa shape index (κ1) is 24.0. The lowest BCUT2D eigenvalue weighted by molar-refractivity contribution is -0.116. The first-order chi connectivity index (χ1) is 16.2. The van der Waals surface area contributed by atoms with E-state index in [0.717, 1.165) is 24.8 Å². The third kappa shape index (κ3) is 4.74.